The maximum absolute atomic E-state index is 5.81. The number of pyridine rings is 1. The Balaban J connectivity index is 2.26. The van der Waals surface area contributed by atoms with Crippen LogP contribution < -0.4 is 10.1 Å². The van der Waals surface area contributed by atoms with E-state index < -0.39 is 0 Å². The summed E-state index contributed by atoms with van der Waals surface area (Å²) < 4.78 is 5.54. The summed E-state index contributed by atoms with van der Waals surface area (Å²) in [6.07, 6.45) is 3.11. The van der Waals surface area contributed by atoms with Crippen LogP contribution in [-0.2, 0) is 0 Å². The Morgan fingerprint density at radius 1 is 1.24 bits per heavy atom. The van der Waals surface area contributed by atoms with Crippen molar-refractivity contribution in [2.45, 2.75) is 6.92 Å². The molecule has 0 spiro atoms. The van der Waals surface area contributed by atoms with Crippen molar-refractivity contribution in [3.63, 3.8) is 0 Å². The fraction of sp³-hybridized carbons (Fsp3) is 0.182. The molecule has 2 rings (SSSR count). The van der Waals surface area contributed by atoms with Gasteiger partial charge in [0, 0.05) is 25.4 Å². The second-order valence-electron chi connectivity index (χ2n) is 3.33. The number of rotatable bonds is 3. The molecular formula is C11H11ClN4O. The van der Waals surface area contributed by atoms with E-state index in [2.05, 4.69) is 20.3 Å². The molecule has 2 heterocycles. The Labute approximate surface area is 104 Å². The van der Waals surface area contributed by atoms with Crippen LogP contribution in [0.2, 0.25) is 5.02 Å². The van der Waals surface area contributed by atoms with Crippen LogP contribution >= 0.6 is 11.6 Å². The van der Waals surface area contributed by atoms with E-state index in [4.69, 9.17) is 16.3 Å². The van der Waals surface area contributed by atoms with Crippen LogP contribution in [0.5, 0.6) is 11.6 Å². The number of halogens is 1. The van der Waals surface area contributed by atoms with Crippen molar-refractivity contribution in [1.82, 2.24) is 15.0 Å². The molecule has 0 aliphatic rings. The molecule has 0 amide bonds. The Morgan fingerprint density at radius 2 is 2.06 bits per heavy atom. The van der Waals surface area contributed by atoms with Gasteiger partial charge in [-0.05, 0) is 6.92 Å². The monoisotopic (exact) mass is 250 g/mol. The first-order valence-corrected chi connectivity index (χ1v) is 5.37. The molecule has 88 valence electrons. The molecular weight excluding hydrogens is 240 g/mol. The fourth-order valence-corrected chi connectivity index (χ4v) is 1.45. The lowest BCUT2D eigenvalue weighted by molar-refractivity contribution is 0.458. The second-order valence-corrected chi connectivity index (χ2v) is 3.77. The molecule has 0 radical (unpaired) electrons. The average Bonchev–Trinajstić information content (AvgIpc) is 2.28. The number of hydrogen-bond donors (Lipinski definition) is 1. The summed E-state index contributed by atoms with van der Waals surface area (Å²) in [4.78, 5) is 12.3. The minimum Gasteiger partial charge on any atom is -0.437 e. The third kappa shape index (κ3) is 3.04. The predicted molar refractivity (Wildman–Crippen MR) is 65.6 cm³/mol. The van der Waals surface area contributed by atoms with E-state index in [9.17, 15) is 0 Å². The smallest absolute Gasteiger partial charge is 0.224 e. The molecule has 0 unspecified atom stereocenters. The SMILES string of the molecule is CNc1cc(Oc2cncc(Cl)c2)nc(C)n1. The number of ether oxygens (including phenoxy) is 1. The van der Waals surface area contributed by atoms with Crippen LogP contribution in [0, 0.1) is 6.92 Å². The standard InChI is InChI=1S/C11H11ClN4O/c1-7-15-10(13-2)4-11(16-7)17-9-3-8(12)5-14-6-9/h3-6H,1-2H3,(H,13,15,16). The van der Waals surface area contributed by atoms with Gasteiger partial charge in [0.15, 0.2) is 0 Å². The van der Waals surface area contributed by atoms with Crippen molar-refractivity contribution in [1.29, 1.82) is 0 Å². The van der Waals surface area contributed by atoms with Crippen LogP contribution in [0.1, 0.15) is 5.82 Å². The fourth-order valence-electron chi connectivity index (χ4n) is 1.29. The van der Waals surface area contributed by atoms with Gasteiger partial charge >= 0.3 is 0 Å². The molecule has 1 N–H and O–H groups in total. The summed E-state index contributed by atoms with van der Waals surface area (Å²) in [6, 6.07) is 3.37. The Morgan fingerprint density at radius 3 is 2.76 bits per heavy atom. The first kappa shape index (κ1) is 11.6. The van der Waals surface area contributed by atoms with Gasteiger partial charge in [-0.25, -0.2) is 4.98 Å². The van der Waals surface area contributed by atoms with Crippen molar-refractivity contribution in [2.24, 2.45) is 0 Å². The predicted octanol–water partition coefficient (Wildman–Crippen LogP) is 2.67. The molecule has 0 atom stereocenters. The maximum atomic E-state index is 5.81. The molecule has 0 aliphatic heterocycles. The number of nitrogens with zero attached hydrogens (tertiary/aromatic N) is 3. The van der Waals surface area contributed by atoms with Gasteiger partial charge in [0.05, 0.1) is 11.2 Å². The number of anilines is 1. The lowest BCUT2D eigenvalue weighted by Crippen LogP contribution is -1.98. The molecule has 5 nitrogen and oxygen atoms in total. The quantitative estimate of drug-likeness (QED) is 0.908. The van der Waals surface area contributed by atoms with Crippen LogP contribution in [-0.4, -0.2) is 22.0 Å². The summed E-state index contributed by atoms with van der Waals surface area (Å²) in [6.45, 7) is 1.80. The lowest BCUT2D eigenvalue weighted by Gasteiger charge is -2.07. The first-order chi connectivity index (χ1) is 8.17. The molecule has 2 aromatic heterocycles. The summed E-state index contributed by atoms with van der Waals surface area (Å²) in [5.41, 5.74) is 0. The van der Waals surface area contributed by atoms with Crippen molar-refractivity contribution >= 4 is 17.4 Å². The zero-order valence-corrected chi connectivity index (χ0v) is 10.2. The normalized spacial score (nSPS) is 10.1. The van der Waals surface area contributed by atoms with E-state index in [1.54, 1.807) is 38.5 Å². The number of hydrogen-bond acceptors (Lipinski definition) is 5. The molecule has 0 aromatic carbocycles. The Kier molecular flexibility index (Phi) is 3.39. The number of aromatic nitrogens is 3. The lowest BCUT2D eigenvalue weighted by atomic mass is 10.4. The minimum atomic E-state index is 0.450. The molecule has 6 heteroatoms. The summed E-state index contributed by atoms with van der Waals surface area (Å²) in [7, 11) is 1.78. The van der Waals surface area contributed by atoms with E-state index in [1.807, 2.05) is 0 Å². The molecule has 0 bridgehead atoms. The van der Waals surface area contributed by atoms with E-state index in [1.165, 1.54) is 0 Å². The van der Waals surface area contributed by atoms with Gasteiger partial charge in [-0.15, -0.1) is 0 Å². The summed E-state index contributed by atoms with van der Waals surface area (Å²) in [5, 5.41) is 3.45. The highest BCUT2D eigenvalue weighted by Crippen LogP contribution is 2.22. The number of nitrogens with one attached hydrogen (secondary N) is 1. The maximum Gasteiger partial charge on any atom is 0.224 e. The molecule has 2 aromatic rings. The van der Waals surface area contributed by atoms with E-state index in [0.29, 0.717) is 28.3 Å². The highest BCUT2D eigenvalue weighted by Gasteiger charge is 2.04. The molecule has 17 heavy (non-hydrogen) atoms. The van der Waals surface area contributed by atoms with Crippen molar-refractivity contribution in [2.75, 3.05) is 12.4 Å². The molecule has 0 aliphatic carbocycles. The highest BCUT2D eigenvalue weighted by atomic mass is 35.5. The van der Waals surface area contributed by atoms with Crippen molar-refractivity contribution < 1.29 is 4.74 Å². The summed E-state index contributed by atoms with van der Waals surface area (Å²) in [5.74, 6) is 2.31. The van der Waals surface area contributed by atoms with E-state index in [0.717, 1.165) is 0 Å². The van der Waals surface area contributed by atoms with Crippen LogP contribution in [0.3, 0.4) is 0 Å². The second kappa shape index (κ2) is 4.97. The van der Waals surface area contributed by atoms with Gasteiger partial charge in [0.1, 0.15) is 17.4 Å². The Bertz CT molecular complexity index is 533. The largest absolute Gasteiger partial charge is 0.437 e. The van der Waals surface area contributed by atoms with Gasteiger partial charge in [0.25, 0.3) is 0 Å². The average molecular weight is 251 g/mol. The zero-order valence-electron chi connectivity index (χ0n) is 9.44. The molecule has 0 saturated heterocycles. The van der Waals surface area contributed by atoms with Crippen molar-refractivity contribution in [3.8, 4) is 11.6 Å². The van der Waals surface area contributed by atoms with Gasteiger partial charge in [0.2, 0.25) is 5.88 Å². The van der Waals surface area contributed by atoms with Gasteiger partial charge in [-0.1, -0.05) is 11.6 Å². The topological polar surface area (TPSA) is 59.9 Å². The van der Waals surface area contributed by atoms with E-state index in [-0.39, 0.29) is 0 Å². The van der Waals surface area contributed by atoms with Crippen LogP contribution in [0.25, 0.3) is 0 Å². The zero-order chi connectivity index (χ0) is 12.3. The highest BCUT2D eigenvalue weighted by molar-refractivity contribution is 6.30. The molecule has 0 saturated carbocycles. The minimum absolute atomic E-state index is 0.450. The van der Waals surface area contributed by atoms with Gasteiger partial charge < -0.3 is 10.1 Å². The summed E-state index contributed by atoms with van der Waals surface area (Å²) >= 11 is 5.81. The Hall–Kier alpha value is -1.88. The molecule has 0 fully saturated rings. The number of aryl methyl sites for hydroxylation is 1. The third-order valence-corrected chi connectivity index (χ3v) is 2.18. The van der Waals surface area contributed by atoms with Crippen LogP contribution in [0.4, 0.5) is 5.82 Å². The third-order valence-electron chi connectivity index (χ3n) is 1.97. The van der Waals surface area contributed by atoms with Crippen molar-refractivity contribution in [3.05, 3.63) is 35.4 Å². The van der Waals surface area contributed by atoms with E-state index >= 15 is 0 Å². The van der Waals surface area contributed by atoms with Crippen LogP contribution in [0.15, 0.2) is 24.5 Å². The first-order valence-electron chi connectivity index (χ1n) is 4.99. The van der Waals surface area contributed by atoms with Gasteiger partial charge in [-0.2, -0.15) is 4.98 Å². The van der Waals surface area contributed by atoms with Gasteiger partial charge in [-0.3, -0.25) is 4.98 Å².